The van der Waals surface area contributed by atoms with Crippen molar-refractivity contribution in [2.75, 3.05) is 26.7 Å². The minimum Gasteiger partial charge on any atom is -0.370 e. The van der Waals surface area contributed by atoms with Crippen molar-refractivity contribution in [3.8, 4) is 0 Å². The fourth-order valence-corrected chi connectivity index (χ4v) is 2.02. The Morgan fingerprint density at radius 2 is 1.87 bits per heavy atom. The summed E-state index contributed by atoms with van der Waals surface area (Å²) in [5.41, 5.74) is 5.01. The minimum atomic E-state index is -0.247. The number of nitrogens with one attached hydrogen (secondary N) is 2. The zero-order valence-corrected chi connectivity index (χ0v) is 14.5. The van der Waals surface area contributed by atoms with Crippen LogP contribution in [0.4, 0.5) is 4.79 Å². The normalized spacial score (nSPS) is 13.1. The van der Waals surface area contributed by atoms with Gasteiger partial charge < -0.3 is 21.3 Å². The topological polar surface area (TPSA) is 105 Å². The van der Waals surface area contributed by atoms with Crippen LogP contribution in [0.3, 0.4) is 0 Å². The molecule has 0 aromatic rings. The van der Waals surface area contributed by atoms with Crippen LogP contribution in [0.15, 0.2) is 0 Å². The molecule has 1 saturated heterocycles. The second kappa shape index (κ2) is 13.8. The highest BCUT2D eigenvalue weighted by atomic mass is 16.2. The standard InChI is InChI=1S/C12H24N2O2.C4H8N2O/c1-2-3-5-9-12(16)14-10-7-4-6-8-11(13)15;1-6-3-2-5-4(6)7/h2-10H2,1H3,(H2,13,15)(H,14,16);2-3H2,1H3,(H,5,7). The van der Waals surface area contributed by atoms with Crippen molar-refractivity contribution in [3.63, 3.8) is 0 Å². The van der Waals surface area contributed by atoms with Crippen molar-refractivity contribution in [2.45, 2.75) is 58.3 Å². The molecule has 0 atom stereocenters. The van der Waals surface area contributed by atoms with E-state index in [9.17, 15) is 14.4 Å². The Bertz CT molecular complexity index is 361. The third-order valence-electron chi connectivity index (χ3n) is 3.50. The Hall–Kier alpha value is -1.79. The summed E-state index contributed by atoms with van der Waals surface area (Å²) in [5.74, 6) is -0.105. The first-order chi connectivity index (χ1) is 11.0. The number of carbonyl (C=O) groups excluding carboxylic acids is 3. The number of primary amides is 1. The van der Waals surface area contributed by atoms with Crippen LogP contribution in [-0.2, 0) is 9.59 Å². The van der Waals surface area contributed by atoms with Gasteiger partial charge in [-0.3, -0.25) is 9.59 Å². The summed E-state index contributed by atoms with van der Waals surface area (Å²) in [5, 5.41) is 5.53. The molecule has 1 aliphatic heterocycles. The number of hydrogen-bond acceptors (Lipinski definition) is 3. The first-order valence-corrected chi connectivity index (χ1v) is 8.51. The molecule has 0 aliphatic carbocycles. The molecule has 4 N–H and O–H groups in total. The van der Waals surface area contributed by atoms with E-state index in [4.69, 9.17) is 5.73 Å². The van der Waals surface area contributed by atoms with Gasteiger partial charge in [0.25, 0.3) is 0 Å². The number of nitrogens with two attached hydrogens (primary N) is 1. The highest BCUT2D eigenvalue weighted by Crippen LogP contribution is 2.00. The molecule has 134 valence electrons. The van der Waals surface area contributed by atoms with Gasteiger partial charge in [0.1, 0.15) is 0 Å². The molecule has 0 aromatic heterocycles. The predicted octanol–water partition coefficient (Wildman–Crippen LogP) is 1.37. The van der Waals surface area contributed by atoms with E-state index in [1.165, 1.54) is 0 Å². The molecule has 1 aliphatic rings. The first-order valence-electron chi connectivity index (χ1n) is 8.51. The summed E-state index contributed by atoms with van der Waals surface area (Å²) < 4.78 is 0. The average Bonchev–Trinajstić information content (AvgIpc) is 2.87. The Kier molecular flexibility index (Phi) is 12.8. The van der Waals surface area contributed by atoms with Crippen LogP contribution in [0.1, 0.15) is 58.3 Å². The van der Waals surface area contributed by atoms with E-state index < -0.39 is 0 Å². The van der Waals surface area contributed by atoms with E-state index in [1.54, 1.807) is 11.9 Å². The van der Waals surface area contributed by atoms with Crippen molar-refractivity contribution in [3.05, 3.63) is 0 Å². The van der Waals surface area contributed by atoms with E-state index in [-0.39, 0.29) is 17.8 Å². The van der Waals surface area contributed by atoms with Crippen molar-refractivity contribution in [1.82, 2.24) is 15.5 Å². The fourth-order valence-electron chi connectivity index (χ4n) is 2.02. The monoisotopic (exact) mass is 328 g/mol. The van der Waals surface area contributed by atoms with E-state index in [0.29, 0.717) is 19.4 Å². The molecule has 0 aromatic carbocycles. The Labute approximate surface area is 139 Å². The smallest absolute Gasteiger partial charge is 0.317 e. The summed E-state index contributed by atoms with van der Waals surface area (Å²) in [6.45, 7) is 4.48. The second-order valence-corrected chi connectivity index (χ2v) is 5.74. The van der Waals surface area contributed by atoms with Crippen LogP contribution in [0.5, 0.6) is 0 Å². The van der Waals surface area contributed by atoms with Crippen LogP contribution >= 0.6 is 0 Å². The number of amides is 4. The zero-order chi connectivity index (χ0) is 17.5. The van der Waals surface area contributed by atoms with Gasteiger partial charge in [0.15, 0.2) is 0 Å². The highest BCUT2D eigenvalue weighted by molar-refractivity contribution is 5.76. The highest BCUT2D eigenvalue weighted by Gasteiger charge is 2.12. The summed E-state index contributed by atoms with van der Waals surface area (Å²) in [6.07, 6.45) is 7.00. The van der Waals surface area contributed by atoms with Gasteiger partial charge in [0.05, 0.1) is 0 Å². The predicted molar refractivity (Wildman–Crippen MR) is 90.8 cm³/mol. The fraction of sp³-hybridized carbons (Fsp3) is 0.812. The van der Waals surface area contributed by atoms with E-state index in [2.05, 4.69) is 17.6 Å². The average molecular weight is 328 g/mol. The van der Waals surface area contributed by atoms with Gasteiger partial charge in [-0.25, -0.2) is 4.79 Å². The van der Waals surface area contributed by atoms with Crippen LogP contribution in [0.2, 0.25) is 0 Å². The lowest BCUT2D eigenvalue weighted by Crippen LogP contribution is -2.24. The largest absolute Gasteiger partial charge is 0.370 e. The number of unbranched alkanes of at least 4 members (excludes halogenated alkanes) is 4. The summed E-state index contributed by atoms with van der Waals surface area (Å²) in [4.78, 5) is 33.8. The maximum atomic E-state index is 11.3. The van der Waals surface area contributed by atoms with Gasteiger partial charge in [0, 0.05) is 39.5 Å². The lowest BCUT2D eigenvalue weighted by Gasteiger charge is -2.04. The van der Waals surface area contributed by atoms with Gasteiger partial charge in [-0.15, -0.1) is 0 Å². The quantitative estimate of drug-likeness (QED) is 0.527. The van der Waals surface area contributed by atoms with Crippen molar-refractivity contribution in [2.24, 2.45) is 5.73 Å². The second-order valence-electron chi connectivity index (χ2n) is 5.74. The van der Waals surface area contributed by atoms with E-state index in [1.807, 2.05) is 0 Å². The number of urea groups is 1. The molecule has 0 spiro atoms. The Balaban J connectivity index is 0.000000568. The van der Waals surface area contributed by atoms with Crippen LogP contribution in [0.25, 0.3) is 0 Å². The number of rotatable bonds is 10. The molecular weight excluding hydrogens is 296 g/mol. The van der Waals surface area contributed by atoms with Crippen molar-refractivity contribution < 1.29 is 14.4 Å². The van der Waals surface area contributed by atoms with Crippen LogP contribution in [-0.4, -0.2) is 49.4 Å². The van der Waals surface area contributed by atoms with Crippen molar-refractivity contribution >= 4 is 17.8 Å². The molecule has 1 rings (SSSR count). The van der Waals surface area contributed by atoms with Crippen molar-refractivity contribution in [1.29, 1.82) is 0 Å². The molecule has 0 radical (unpaired) electrons. The molecule has 0 saturated carbocycles. The molecule has 0 bridgehead atoms. The van der Waals surface area contributed by atoms with Gasteiger partial charge in [-0.2, -0.15) is 0 Å². The number of carbonyl (C=O) groups is 3. The maximum Gasteiger partial charge on any atom is 0.317 e. The molecule has 23 heavy (non-hydrogen) atoms. The molecule has 7 nitrogen and oxygen atoms in total. The van der Waals surface area contributed by atoms with E-state index >= 15 is 0 Å². The third-order valence-corrected chi connectivity index (χ3v) is 3.50. The zero-order valence-electron chi connectivity index (χ0n) is 14.5. The van der Waals surface area contributed by atoms with E-state index in [0.717, 1.165) is 51.6 Å². The third kappa shape index (κ3) is 13.6. The maximum absolute atomic E-state index is 11.3. The van der Waals surface area contributed by atoms with Gasteiger partial charge in [-0.05, 0) is 19.3 Å². The molecule has 7 heteroatoms. The molecule has 1 heterocycles. The number of nitrogens with zero attached hydrogens (tertiary/aromatic N) is 1. The molecule has 1 fully saturated rings. The van der Waals surface area contributed by atoms with Gasteiger partial charge in [0.2, 0.25) is 11.8 Å². The lowest BCUT2D eigenvalue weighted by molar-refractivity contribution is -0.121. The molecule has 0 unspecified atom stereocenters. The summed E-state index contributed by atoms with van der Waals surface area (Å²) in [6, 6.07) is 0.0417. The number of hydrogen-bond donors (Lipinski definition) is 3. The molecule has 4 amide bonds. The Morgan fingerprint density at radius 3 is 2.35 bits per heavy atom. The van der Waals surface area contributed by atoms with Gasteiger partial charge >= 0.3 is 6.03 Å². The summed E-state index contributed by atoms with van der Waals surface area (Å²) >= 11 is 0. The number of likely N-dealkylation sites (N-methyl/N-ethyl adjacent to an activating group) is 1. The molecular formula is C16H32N4O3. The lowest BCUT2D eigenvalue weighted by atomic mass is 10.2. The SMILES string of the molecule is CCCCCC(=O)NCCCCCC(N)=O.CN1CCNC1=O. The van der Waals surface area contributed by atoms with Crippen LogP contribution < -0.4 is 16.4 Å². The minimum absolute atomic E-state index is 0.0417. The first kappa shape index (κ1) is 21.2. The van der Waals surface area contributed by atoms with Gasteiger partial charge in [-0.1, -0.05) is 26.2 Å². The summed E-state index contributed by atoms with van der Waals surface area (Å²) in [7, 11) is 1.78. The van der Waals surface area contributed by atoms with Crippen LogP contribution in [0, 0.1) is 0 Å². The Morgan fingerprint density at radius 1 is 1.17 bits per heavy atom.